The van der Waals surface area contributed by atoms with Crippen molar-refractivity contribution in [1.82, 2.24) is 14.6 Å². The third-order valence-electron chi connectivity index (χ3n) is 1.73. The highest BCUT2D eigenvalue weighted by Crippen LogP contribution is 2.08. The number of anilines is 1. The summed E-state index contributed by atoms with van der Waals surface area (Å²) in [6.45, 7) is 4.19. The molecule has 0 atom stereocenters. The fourth-order valence-electron chi connectivity index (χ4n) is 1.24. The predicted octanol–water partition coefficient (Wildman–Crippen LogP) is 1.55. The van der Waals surface area contributed by atoms with E-state index in [9.17, 15) is 0 Å². The molecule has 2 heterocycles. The van der Waals surface area contributed by atoms with Crippen LogP contribution < -0.4 is 5.32 Å². The molecule has 0 aromatic carbocycles. The first-order valence-corrected chi connectivity index (χ1v) is 4.32. The predicted molar refractivity (Wildman–Crippen MR) is 51.7 cm³/mol. The highest BCUT2D eigenvalue weighted by atomic mass is 15.3. The molecule has 0 radical (unpaired) electrons. The molecule has 0 aliphatic heterocycles. The van der Waals surface area contributed by atoms with E-state index in [4.69, 9.17) is 0 Å². The SMILES string of the molecule is CC(C)Nc1ccnc2ccnn12. The maximum atomic E-state index is 4.17. The summed E-state index contributed by atoms with van der Waals surface area (Å²) >= 11 is 0. The van der Waals surface area contributed by atoms with E-state index < -0.39 is 0 Å². The normalized spacial score (nSPS) is 11.0. The highest BCUT2D eigenvalue weighted by Gasteiger charge is 2.01. The lowest BCUT2D eigenvalue weighted by Crippen LogP contribution is -2.13. The number of aromatic nitrogens is 3. The second-order valence-electron chi connectivity index (χ2n) is 3.23. The monoisotopic (exact) mass is 176 g/mol. The van der Waals surface area contributed by atoms with Crippen LogP contribution >= 0.6 is 0 Å². The van der Waals surface area contributed by atoms with Gasteiger partial charge in [-0.3, -0.25) is 0 Å². The molecule has 0 saturated heterocycles. The number of fused-ring (bicyclic) bond motifs is 1. The fraction of sp³-hybridized carbons (Fsp3) is 0.333. The van der Waals surface area contributed by atoms with Gasteiger partial charge in [0.05, 0.1) is 6.20 Å². The van der Waals surface area contributed by atoms with Crippen LogP contribution in [0.5, 0.6) is 0 Å². The van der Waals surface area contributed by atoms with Gasteiger partial charge in [-0.2, -0.15) is 9.61 Å². The Balaban J connectivity index is 2.48. The molecule has 4 heteroatoms. The molecule has 0 fully saturated rings. The van der Waals surface area contributed by atoms with Crippen LogP contribution in [0, 0.1) is 0 Å². The molecular weight excluding hydrogens is 164 g/mol. The average Bonchev–Trinajstić information content (AvgIpc) is 2.51. The number of nitrogens with zero attached hydrogens (tertiary/aromatic N) is 3. The van der Waals surface area contributed by atoms with Crippen molar-refractivity contribution in [1.29, 1.82) is 0 Å². The van der Waals surface area contributed by atoms with Gasteiger partial charge in [-0.05, 0) is 19.9 Å². The van der Waals surface area contributed by atoms with Gasteiger partial charge in [0.15, 0.2) is 5.65 Å². The summed E-state index contributed by atoms with van der Waals surface area (Å²) in [5, 5.41) is 7.46. The van der Waals surface area contributed by atoms with Crippen molar-refractivity contribution in [3.63, 3.8) is 0 Å². The molecule has 4 nitrogen and oxygen atoms in total. The van der Waals surface area contributed by atoms with Gasteiger partial charge in [0, 0.05) is 18.3 Å². The zero-order chi connectivity index (χ0) is 9.26. The first-order valence-electron chi connectivity index (χ1n) is 4.32. The number of nitrogens with one attached hydrogen (secondary N) is 1. The Bertz CT molecular complexity index is 405. The Morgan fingerprint density at radius 1 is 1.31 bits per heavy atom. The lowest BCUT2D eigenvalue weighted by Gasteiger charge is -2.10. The maximum Gasteiger partial charge on any atom is 0.157 e. The highest BCUT2D eigenvalue weighted by molar-refractivity contribution is 5.46. The van der Waals surface area contributed by atoms with Gasteiger partial charge in [-0.1, -0.05) is 0 Å². The molecule has 1 N–H and O–H groups in total. The Hall–Kier alpha value is -1.58. The van der Waals surface area contributed by atoms with Gasteiger partial charge < -0.3 is 5.32 Å². The van der Waals surface area contributed by atoms with Crippen molar-refractivity contribution >= 4 is 11.5 Å². The second-order valence-corrected chi connectivity index (χ2v) is 3.23. The van der Waals surface area contributed by atoms with Crippen molar-refractivity contribution in [3.05, 3.63) is 24.5 Å². The van der Waals surface area contributed by atoms with Crippen LogP contribution in [0.25, 0.3) is 5.65 Å². The number of hydrogen-bond donors (Lipinski definition) is 1. The standard InChI is InChI=1S/C9H12N4/c1-7(2)12-9-3-5-10-8-4-6-11-13(8)9/h3-7,12H,1-2H3. The van der Waals surface area contributed by atoms with E-state index in [1.165, 1.54) is 0 Å². The Labute approximate surface area is 76.6 Å². The molecule has 0 aliphatic carbocycles. The maximum absolute atomic E-state index is 4.17. The largest absolute Gasteiger partial charge is 0.368 e. The van der Waals surface area contributed by atoms with Crippen molar-refractivity contribution in [3.8, 4) is 0 Å². The Morgan fingerprint density at radius 3 is 2.92 bits per heavy atom. The molecule has 68 valence electrons. The molecule has 0 spiro atoms. The topological polar surface area (TPSA) is 42.2 Å². The van der Waals surface area contributed by atoms with Gasteiger partial charge in [0.1, 0.15) is 5.82 Å². The van der Waals surface area contributed by atoms with Crippen LogP contribution in [0.3, 0.4) is 0 Å². The van der Waals surface area contributed by atoms with Crippen molar-refractivity contribution in [2.45, 2.75) is 19.9 Å². The first-order chi connectivity index (χ1) is 6.27. The van der Waals surface area contributed by atoms with E-state index in [1.54, 1.807) is 16.9 Å². The molecule has 2 aromatic rings. The summed E-state index contributed by atoms with van der Waals surface area (Å²) in [7, 11) is 0. The van der Waals surface area contributed by atoms with E-state index >= 15 is 0 Å². The van der Waals surface area contributed by atoms with E-state index in [0.29, 0.717) is 6.04 Å². The number of hydrogen-bond acceptors (Lipinski definition) is 3. The van der Waals surface area contributed by atoms with Crippen LogP contribution in [-0.2, 0) is 0 Å². The molecule has 0 amide bonds. The molecule has 0 unspecified atom stereocenters. The molecule has 0 aliphatic rings. The van der Waals surface area contributed by atoms with Crippen LogP contribution in [0.1, 0.15) is 13.8 Å². The zero-order valence-corrected chi connectivity index (χ0v) is 7.73. The third-order valence-corrected chi connectivity index (χ3v) is 1.73. The minimum absolute atomic E-state index is 0.398. The second kappa shape index (κ2) is 3.05. The summed E-state index contributed by atoms with van der Waals surface area (Å²) < 4.78 is 1.79. The molecule has 2 aromatic heterocycles. The minimum Gasteiger partial charge on any atom is -0.368 e. The number of rotatable bonds is 2. The summed E-state index contributed by atoms with van der Waals surface area (Å²) in [5.74, 6) is 0.977. The van der Waals surface area contributed by atoms with E-state index in [-0.39, 0.29) is 0 Å². The van der Waals surface area contributed by atoms with Gasteiger partial charge >= 0.3 is 0 Å². The molecule has 0 saturated carbocycles. The quantitative estimate of drug-likeness (QED) is 0.754. The van der Waals surface area contributed by atoms with E-state index in [0.717, 1.165) is 11.5 Å². The zero-order valence-electron chi connectivity index (χ0n) is 7.73. The van der Waals surface area contributed by atoms with E-state index in [2.05, 4.69) is 29.2 Å². The van der Waals surface area contributed by atoms with Crippen molar-refractivity contribution in [2.75, 3.05) is 5.32 Å². The van der Waals surface area contributed by atoms with Crippen molar-refractivity contribution in [2.24, 2.45) is 0 Å². The molecule has 13 heavy (non-hydrogen) atoms. The molecule has 0 bridgehead atoms. The van der Waals surface area contributed by atoms with Crippen LogP contribution in [-0.4, -0.2) is 20.6 Å². The Kier molecular flexibility index (Phi) is 1.88. The van der Waals surface area contributed by atoms with Crippen molar-refractivity contribution < 1.29 is 0 Å². The van der Waals surface area contributed by atoms with Gasteiger partial charge in [-0.25, -0.2) is 4.98 Å². The lowest BCUT2D eigenvalue weighted by molar-refractivity contribution is 0.851. The third kappa shape index (κ3) is 1.47. The average molecular weight is 176 g/mol. The minimum atomic E-state index is 0.398. The summed E-state index contributed by atoms with van der Waals surface area (Å²) in [6, 6.07) is 4.20. The van der Waals surface area contributed by atoms with Gasteiger partial charge in [0.2, 0.25) is 0 Å². The van der Waals surface area contributed by atoms with Crippen LogP contribution in [0.4, 0.5) is 5.82 Å². The Morgan fingerprint density at radius 2 is 2.15 bits per heavy atom. The lowest BCUT2D eigenvalue weighted by atomic mass is 10.4. The summed E-state index contributed by atoms with van der Waals surface area (Å²) in [5.41, 5.74) is 0.866. The first kappa shape index (κ1) is 8.04. The van der Waals surface area contributed by atoms with Gasteiger partial charge in [0.25, 0.3) is 0 Å². The summed E-state index contributed by atoms with van der Waals surface area (Å²) in [6.07, 6.45) is 3.52. The van der Waals surface area contributed by atoms with Crippen LogP contribution in [0.15, 0.2) is 24.5 Å². The molecule has 2 rings (SSSR count). The van der Waals surface area contributed by atoms with E-state index in [1.807, 2.05) is 12.1 Å². The van der Waals surface area contributed by atoms with Gasteiger partial charge in [-0.15, -0.1) is 0 Å². The smallest absolute Gasteiger partial charge is 0.157 e. The van der Waals surface area contributed by atoms with Crippen LogP contribution in [0.2, 0.25) is 0 Å². The fourth-order valence-corrected chi connectivity index (χ4v) is 1.24. The molecular formula is C9H12N4. The summed E-state index contributed by atoms with van der Waals surface area (Å²) in [4.78, 5) is 4.17.